The van der Waals surface area contributed by atoms with E-state index in [4.69, 9.17) is 0 Å². The fourth-order valence-corrected chi connectivity index (χ4v) is 7.92. The van der Waals surface area contributed by atoms with Crippen LogP contribution in [-0.4, -0.2) is 68.9 Å². The van der Waals surface area contributed by atoms with Crippen LogP contribution in [0.25, 0.3) is 0 Å². The summed E-state index contributed by atoms with van der Waals surface area (Å²) < 4.78 is 28.2. The highest BCUT2D eigenvalue weighted by Crippen LogP contribution is 2.62. The van der Waals surface area contributed by atoms with Gasteiger partial charge < -0.3 is 19.5 Å². The van der Waals surface area contributed by atoms with Crippen LogP contribution in [0.2, 0.25) is 0 Å². The van der Waals surface area contributed by atoms with Crippen molar-refractivity contribution in [1.82, 2.24) is 24.6 Å². The summed E-state index contributed by atoms with van der Waals surface area (Å²) >= 11 is -1.76. The van der Waals surface area contributed by atoms with Gasteiger partial charge >= 0.3 is 0 Å². The van der Waals surface area contributed by atoms with Crippen LogP contribution in [0.1, 0.15) is 23.0 Å². The Morgan fingerprint density at radius 2 is 1.91 bits per heavy atom. The number of halogens is 1. The molecule has 3 heterocycles. The second-order valence-corrected chi connectivity index (χ2v) is 15.6. The third-order valence-corrected chi connectivity index (χ3v) is 11.7. The van der Waals surface area contributed by atoms with E-state index >= 15 is 0 Å². The molecule has 9 nitrogen and oxygen atoms in total. The highest BCUT2D eigenvalue weighted by molar-refractivity contribution is 14.2. The maximum absolute atomic E-state index is 12.1. The van der Waals surface area contributed by atoms with Crippen molar-refractivity contribution in [3.63, 3.8) is 0 Å². The molecule has 1 aliphatic heterocycles. The van der Waals surface area contributed by atoms with Crippen LogP contribution in [0, 0.1) is 13.8 Å². The molecule has 0 amide bonds. The molecular weight excluding hydrogens is 577 g/mol. The highest BCUT2D eigenvalue weighted by atomic mass is 127. The predicted molar refractivity (Wildman–Crippen MR) is 150 cm³/mol. The van der Waals surface area contributed by atoms with Crippen LogP contribution in [0.3, 0.4) is 0 Å². The summed E-state index contributed by atoms with van der Waals surface area (Å²) in [6.07, 6.45) is 1.62. The van der Waals surface area contributed by atoms with Crippen molar-refractivity contribution in [2.75, 3.05) is 49.8 Å². The first-order valence-corrected chi connectivity index (χ1v) is 16.6. The van der Waals surface area contributed by atoms with Gasteiger partial charge in [0.1, 0.15) is 5.82 Å². The molecule has 1 fully saturated rings. The van der Waals surface area contributed by atoms with Crippen molar-refractivity contribution in [2.45, 2.75) is 24.8 Å². The van der Waals surface area contributed by atoms with E-state index in [-0.39, 0.29) is 0 Å². The zero-order valence-corrected chi connectivity index (χ0v) is 23.6. The minimum Gasteiger partial charge on any atom is -0.369 e. The number of nitrogens with one attached hydrogen (secondary N) is 2. The molecule has 1 aromatic carbocycles. The third-order valence-electron chi connectivity index (χ3n) is 6.47. The summed E-state index contributed by atoms with van der Waals surface area (Å²) in [6, 6.07) is 14.7. The molecule has 11 heteroatoms. The number of rotatable bonds is 9. The van der Waals surface area contributed by atoms with Gasteiger partial charge in [-0.1, -0.05) is 30.3 Å². The zero-order chi connectivity index (χ0) is 25.0. The Kier molecular flexibility index (Phi) is 8.42. The Morgan fingerprint density at radius 3 is 2.54 bits per heavy atom. The minimum atomic E-state index is -2.69. The van der Waals surface area contributed by atoms with Crippen molar-refractivity contribution in [3.8, 4) is 0 Å². The Balaban J connectivity index is 1.38. The van der Waals surface area contributed by atoms with E-state index in [0.717, 1.165) is 55.6 Å². The smallest absolute Gasteiger partial charge is 0.246 e. The lowest BCUT2D eigenvalue weighted by molar-refractivity contribution is 0.0938. The molecular formula is C24H34IN7O2S. The molecule has 0 saturated carbocycles. The molecule has 2 atom stereocenters. The molecule has 3 aromatic rings. The Morgan fingerprint density at radius 1 is 1.14 bits per heavy atom. The number of hydrogen-bond donors (Lipinski definition) is 3. The molecule has 0 radical (unpaired) electrons. The molecule has 0 aliphatic carbocycles. The number of benzene rings is 1. The minimum absolute atomic E-state index is 0.372. The summed E-state index contributed by atoms with van der Waals surface area (Å²) in [4.78, 5) is 9.95. The number of likely N-dealkylation sites (N-methyl/N-ethyl adjacent to an activating group) is 1. The standard InChI is InChI=1S/C24H34IN7O2S/c1-18-24(19(2)31(4)28-18)29-35(34,25-33)21-10-11-23(27-16-21)26-12-13-32-15-14-30(3)17-22(32)20-8-6-5-7-9-20/h5-11,16,22,29,34H,12-15,17H2,1-4H3,(H,26,27). The van der Waals surface area contributed by atoms with E-state index < -0.39 is 27.5 Å². The van der Waals surface area contributed by atoms with Crippen LogP contribution < -0.4 is 10.0 Å². The van der Waals surface area contributed by atoms with Gasteiger partial charge in [0.05, 0.1) is 29.6 Å². The first-order chi connectivity index (χ1) is 16.8. The zero-order valence-electron chi connectivity index (χ0n) is 20.6. The Labute approximate surface area is 217 Å². The van der Waals surface area contributed by atoms with Gasteiger partial charge in [-0.15, -0.1) is 0 Å². The maximum Gasteiger partial charge on any atom is 0.246 e. The summed E-state index contributed by atoms with van der Waals surface area (Å²) in [5, 5.41) is 7.77. The van der Waals surface area contributed by atoms with Crippen LogP contribution in [-0.2, 0) is 10.1 Å². The number of pyridine rings is 1. The third kappa shape index (κ3) is 6.02. The molecule has 1 aliphatic rings. The molecule has 0 bridgehead atoms. The van der Waals surface area contributed by atoms with E-state index in [1.165, 1.54) is 5.56 Å². The van der Waals surface area contributed by atoms with Gasteiger partial charge in [0.2, 0.25) is 19.8 Å². The van der Waals surface area contributed by atoms with Gasteiger partial charge in [-0.2, -0.15) is 5.10 Å². The van der Waals surface area contributed by atoms with Crippen molar-refractivity contribution in [3.05, 3.63) is 65.6 Å². The van der Waals surface area contributed by atoms with E-state index in [2.05, 4.69) is 67.3 Å². The maximum atomic E-state index is 12.1. The van der Waals surface area contributed by atoms with Gasteiger partial charge in [-0.3, -0.25) is 12.7 Å². The molecule has 190 valence electrons. The molecule has 3 N–H and O–H groups in total. The first kappa shape index (κ1) is 26.0. The van der Waals surface area contributed by atoms with Crippen molar-refractivity contribution in [1.29, 1.82) is 0 Å². The lowest BCUT2D eigenvalue weighted by atomic mass is 10.0. The normalized spacial score (nSPS) is 19.7. The second kappa shape index (κ2) is 11.3. The summed E-state index contributed by atoms with van der Waals surface area (Å²) in [5.41, 5.74) is 3.71. The molecule has 2 unspecified atom stereocenters. The Hall–Kier alpha value is -2.06. The lowest BCUT2D eigenvalue weighted by Gasteiger charge is -2.40. The number of piperazine rings is 1. The molecule has 35 heavy (non-hydrogen) atoms. The summed E-state index contributed by atoms with van der Waals surface area (Å²) in [7, 11) is 1.33. The van der Waals surface area contributed by atoms with Crippen molar-refractivity contribution >= 4 is 39.0 Å². The van der Waals surface area contributed by atoms with E-state index in [1.807, 2.05) is 27.0 Å². The predicted octanol–water partition coefficient (Wildman–Crippen LogP) is 4.73. The molecule has 2 aromatic heterocycles. The van der Waals surface area contributed by atoms with Crippen LogP contribution >= 0.6 is 27.5 Å². The lowest BCUT2D eigenvalue weighted by Crippen LogP contribution is -2.48. The SMILES string of the molecule is Cc1nn(C)c(C)c1NS(O)(I=O)c1ccc(NCCN2CCN(C)CC2c2ccccc2)nc1. The number of anilines is 2. The van der Waals surface area contributed by atoms with Gasteiger partial charge in [-0.25, -0.2) is 4.98 Å². The average molecular weight is 612 g/mol. The second-order valence-electron chi connectivity index (χ2n) is 8.87. The monoisotopic (exact) mass is 611 g/mol. The topological polar surface area (TPSA) is 98.5 Å². The van der Waals surface area contributed by atoms with Crippen LogP contribution in [0.4, 0.5) is 11.5 Å². The van der Waals surface area contributed by atoms with Gasteiger partial charge in [-0.05, 0) is 38.6 Å². The van der Waals surface area contributed by atoms with Crippen LogP contribution in [0.5, 0.6) is 0 Å². The van der Waals surface area contributed by atoms with Crippen molar-refractivity contribution in [2.24, 2.45) is 7.05 Å². The average Bonchev–Trinajstić information content (AvgIpc) is 3.11. The largest absolute Gasteiger partial charge is 0.369 e. The number of hydrogen-bond acceptors (Lipinski definition) is 8. The molecule has 1 saturated heterocycles. The molecule has 4 rings (SSSR count). The van der Waals surface area contributed by atoms with Gasteiger partial charge in [0.25, 0.3) is 0 Å². The fraction of sp³-hybridized carbons (Fsp3) is 0.417. The van der Waals surface area contributed by atoms with Crippen molar-refractivity contribution < 1.29 is 7.62 Å². The number of aryl methyl sites for hydroxylation is 2. The number of nitrogens with zero attached hydrogens (tertiary/aromatic N) is 5. The van der Waals surface area contributed by atoms with E-state index in [1.54, 1.807) is 16.9 Å². The van der Waals surface area contributed by atoms with E-state index in [0.29, 0.717) is 10.9 Å². The quantitative estimate of drug-likeness (QED) is 0.299. The Bertz CT molecular complexity index is 1140. The summed E-state index contributed by atoms with van der Waals surface area (Å²) in [6.45, 7) is 8.53. The van der Waals surface area contributed by atoms with Gasteiger partial charge in [0, 0.05) is 52.0 Å². The first-order valence-electron chi connectivity index (χ1n) is 11.6. The van der Waals surface area contributed by atoms with Crippen LogP contribution in [0.15, 0.2) is 53.6 Å². The van der Waals surface area contributed by atoms with E-state index in [9.17, 15) is 7.62 Å². The fourth-order valence-electron chi connectivity index (χ4n) is 4.36. The summed E-state index contributed by atoms with van der Waals surface area (Å²) in [5.74, 6) is 0.735. The highest BCUT2D eigenvalue weighted by Gasteiger charge is 2.28. The number of aromatic nitrogens is 3. The molecule has 0 spiro atoms. The van der Waals surface area contributed by atoms with Gasteiger partial charge in [0.15, 0.2) is 0 Å².